The van der Waals surface area contributed by atoms with Gasteiger partial charge >= 0.3 is 0 Å². The van der Waals surface area contributed by atoms with Crippen LogP contribution in [0.1, 0.15) is 54.4 Å². The third-order valence-corrected chi connectivity index (χ3v) is 3.49. The van der Waals surface area contributed by atoms with E-state index in [-0.39, 0.29) is 24.0 Å². The van der Waals surface area contributed by atoms with E-state index in [1.54, 1.807) is 0 Å². The lowest BCUT2D eigenvalue weighted by Crippen LogP contribution is -2.41. The number of rotatable bonds is 9. The normalized spacial score (nSPS) is 12.0. The minimum absolute atomic E-state index is 0. The first-order chi connectivity index (χ1) is 9.43. The van der Waals surface area contributed by atoms with Crippen molar-refractivity contribution >= 4 is 29.9 Å². The molecule has 21 heavy (non-hydrogen) atoms. The SMILES string of the molecule is CCCCN(C)C(=NCCN(C(C)C)C(C)C)NCC.I. The third-order valence-electron chi connectivity index (χ3n) is 3.49. The maximum atomic E-state index is 4.76. The topological polar surface area (TPSA) is 30.9 Å². The van der Waals surface area contributed by atoms with E-state index in [0.717, 1.165) is 32.1 Å². The van der Waals surface area contributed by atoms with Crippen molar-refractivity contribution < 1.29 is 0 Å². The van der Waals surface area contributed by atoms with Crippen LogP contribution < -0.4 is 5.32 Å². The lowest BCUT2D eigenvalue weighted by Gasteiger charge is -2.30. The Morgan fingerprint density at radius 1 is 1.05 bits per heavy atom. The molecule has 4 nitrogen and oxygen atoms in total. The van der Waals surface area contributed by atoms with Crippen molar-refractivity contribution in [1.29, 1.82) is 0 Å². The number of halogens is 1. The van der Waals surface area contributed by atoms with Gasteiger partial charge in [-0.25, -0.2) is 0 Å². The van der Waals surface area contributed by atoms with E-state index in [1.807, 2.05) is 0 Å². The number of aliphatic imine (C=N–C) groups is 1. The lowest BCUT2D eigenvalue weighted by atomic mass is 10.2. The molecule has 0 aromatic heterocycles. The first-order valence-corrected chi connectivity index (χ1v) is 8.19. The number of unbranched alkanes of at least 4 members (excludes halogenated alkanes) is 1. The zero-order valence-corrected chi connectivity index (χ0v) is 17.5. The zero-order valence-electron chi connectivity index (χ0n) is 15.1. The highest BCUT2D eigenvalue weighted by Crippen LogP contribution is 2.04. The van der Waals surface area contributed by atoms with Gasteiger partial charge in [-0.1, -0.05) is 13.3 Å². The van der Waals surface area contributed by atoms with Gasteiger partial charge in [-0.2, -0.15) is 0 Å². The molecule has 5 heteroatoms. The summed E-state index contributed by atoms with van der Waals surface area (Å²) in [7, 11) is 2.12. The maximum Gasteiger partial charge on any atom is 0.193 e. The summed E-state index contributed by atoms with van der Waals surface area (Å²) in [4.78, 5) is 9.48. The van der Waals surface area contributed by atoms with Gasteiger partial charge in [0.05, 0.1) is 6.54 Å². The Labute approximate surface area is 149 Å². The quantitative estimate of drug-likeness (QED) is 0.358. The largest absolute Gasteiger partial charge is 0.357 e. The maximum absolute atomic E-state index is 4.76. The fourth-order valence-electron chi connectivity index (χ4n) is 2.35. The summed E-state index contributed by atoms with van der Waals surface area (Å²) >= 11 is 0. The van der Waals surface area contributed by atoms with Crippen molar-refractivity contribution in [2.45, 2.75) is 66.5 Å². The molecule has 0 spiro atoms. The highest BCUT2D eigenvalue weighted by molar-refractivity contribution is 14.0. The van der Waals surface area contributed by atoms with Crippen LogP contribution in [-0.4, -0.2) is 61.1 Å². The van der Waals surface area contributed by atoms with Crippen LogP contribution in [0.25, 0.3) is 0 Å². The standard InChI is InChI=1S/C16H36N4.HI/c1-8-10-12-19(7)16(17-9-2)18-11-13-20(14(3)4)15(5)6;/h14-15H,8-13H2,1-7H3,(H,17,18);1H. The summed E-state index contributed by atoms with van der Waals surface area (Å²) in [6.07, 6.45) is 2.43. The summed E-state index contributed by atoms with van der Waals surface area (Å²) in [5, 5.41) is 3.38. The fraction of sp³-hybridized carbons (Fsp3) is 0.938. The Morgan fingerprint density at radius 3 is 2.05 bits per heavy atom. The predicted molar refractivity (Wildman–Crippen MR) is 106 cm³/mol. The van der Waals surface area contributed by atoms with E-state index >= 15 is 0 Å². The van der Waals surface area contributed by atoms with Gasteiger partial charge in [0.2, 0.25) is 0 Å². The van der Waals surface area contributed by atoms with E-state index < -0.39 is 0 Å². The molecule has 0 rings (SSSR count). The smallest absolute Gasteiger partial charge is 0.193 e. The lowest BCUT2D eigenvalue weighted by molar-refractivity contribution is 0.180. The van der Waals surface area contributed by atoms with Gasteiger partial charge in [-0.15, -0.1) is 24.0 Å². The Hall–Kier alpha value is -0.0400. The van der Waals surface area contributed by atoms with Crippen LogP contribution in [0.3, 0.4) is 0 Å². The second-order valence-corrected chi connectivity index (χ2v) is 5.94. The third kappa shape index (κ3) is 10.3. The summed E-state index contributed by atoms with van der Waals surface area (Å²) in [6.45, 7) is 17.2. The minimum Gasteiger partial charge on any atom is -0.357 e. The molecule has 0 atom stereocenters. The molecule has 128 valence electrons. The Bertz CT molecular complexity index is 259. The average molecular weight is 412 g/mol. The van der Waals surface area contributed by atoms with Crippen LogP contribution in [0.5, 0.6) is 0 Å². The van der Waals surface area contributed by atoms with E-state index in [9.17, 15) is 0 Å². The van der Waals surface area contributed by atoms with Crippen LogP contribution in [0.15, 0.2) is 4.99 Å². The van der Waals surface area contributed by atoms with E-state index in [2.05, 4.69) is 63.7 Å². The molecule has 0 amide bonds. The first-order valence-electron chi connectivity index (χ1n) is 8.19. The molecule has 0 heterocycles. The van der Waals surface area contributed by atoms with Gasteiger partial charge in [0.25, 0.3) is 0 Å². The van der Waals surface area contributed by atoms with Crippen molar-refractivity contribution in [3.63, 3.8) is 0 Å². The van der Waals surface area contributed by atoms with Gasteiger partial charge in [0.15, 0.2) is 5.96 Å². The number of nitrogens with zero attached hydrogens (tertiary/aromatic N) is 3. The highest BCUT2D eigenvalue weighted by atomic mass is 127. The molecule has 0 aromatic carbocycles. The molecule has 1 N–H and O–H groups in total. The van der Waals surface area contributed by atoms with Crippen LogP contribution >= 0.6 is 24.0 Å². The number of guanidine groups is 1. The van der Waals surface area contributed by atoms with Gasteiger partial charge in [-0.3, -0.25) is 9.89 Å². The van der Waals surface area contributed by atoms with Crippen LogP contribution in [-0.2, 0) is 0 Å². The summed E-state index contributed by atoms with van der Waals surface area (Å²) in [5.74, 6) is 1.04. The van der Waals surface area contributed by atoms with Crippen molar-refractivity contribution in [3.8, 4) is 0 Å². The number of nitrogens with one attached hydrogen (secondary N) is 1. The van der Waals surface area contributed by atoms with Crippen molar-refractivity contribution in [2.24, 2.45) is 4.99 Å². The Balaban J connectivity index is 0. The second-order valence-electron chi connectivity index (χ2n) is 5.94. The van der Waals surface area contributed by atoms with Crippen molar-refractivity contribution in [1.82, 2.24) is 15.1 Å². The second kappa shape index (κ2) is 13.6. The summed E-state index contributed by atoms with van der Waals surface area (Å²) < 4.78 is 0. The molecule has 0 bridgehead atoms. The molecule has 0 radical (unpaired) electrons. The van der Waals surface area contributed by atoms with Crippen molar-refractivity contribution in [2.75, 3.05) is 33.2 Å². The summed E-state index contributed by atoms with van der Waals surface area (Å²) in [5.41, 5.74) is 0. The van der Waals surface area contributed by atoms with E-state index in [1.165, 1.54) is 12.8 Å². The van der Waals surface area contributed by atoms with Crippen LogP contribution in [0.2, 0.25) is 0 Å². The molecule has 0 saturated carbocycles. The Morgan fingerprint density at radius 2 is 1.62 bits per heavy atom. The highest BCUT2D eigenvalue weighted by Gasteiger charge is 2.12. The molecule has 0 saturated heterocycles. The molecule has 0 aromatic rings. The van der Waals surface area contributed by atoms with Crippen molar-refractivity contribution in [3.05, 3.63) is 0 Å². The minimum atomic E-state index is 0. The average Bonchev–Trinajstić information content (AvgIpc) is 2.38. The van der Waals surface area contributed by atoms with Gasteiger partial charge in [-0.05, 0) is 41.0 Å². The Kier molecular flexibility index (Phi) is 15.1. The predicted octanol–water partition coefficient (Wildman–Crippen LogP) is 3.42. The molecule has 0 aliphatic carbocycles. The van der Waals surface area contributed by atoms with Gasteiger partial charge < -0.3 is 10.2 Å². The first kappa shape index (κ1) is 23.2. The van der Waals surface area contributed by atoms with Gasteiger partial charge in [0.1, 0.15) is 0 Å². The number of hydrogen-bond acceptors (Lipinski definition) is 2. The van der Waals surface area contributed by atoms with Gasteiger partial charge in [0, 0.05) is 38.8 Å². The van der Waals surface area contributed by atoms with E-state index in [0.29, 0.717) is 12.1 Å². The van der Waals surface area contributed by atoms with E-state index in [4.69, 9.17) is 4.99 Å². The molecular weight excluding hydrogens is 375 g/mol. The fourth-order valence-corrected chi connectivity index (χ4v) is 2.35. The summed E-state index contributed by atoms with van der Waals surface area (Å²) in [6, 6.07) is 1.15. The van der Waals surface area contributed by atoms with Crippen LogP contribution in [0, 0.1) is 0 Å². The number of hydrogen-bond donors (Lipinski definition) is 1. The molecule has 0 unspecified atom stereocenters. The van der Waals surface area contributed by atoms with Crippen LogP contribution in [0.4, 0.5) is 0 Å². The molecule has 0 fully saturated rings. The zero-order chi connectivity index (χ0) is 15.5. The molecule has 0 aliphatic rings. The molecular formula is C16H37IN4. The molecule has 0 aliphatic heterocycles. The monoisotopic (exact) mass is 412 g/mol.